The van der Waals surface area contributed by atoms with Gasteiger partial charge >= 0.3 is 0 Å². The first-order valence-electron chi connectivity index (χ1n) is 7.65. The molecule has 0 spiro atoms. The summed E-state index contributed by atoms with van der Waals surface area (Å²) >= 11 is 7.89. The van der Waals surface area contributed by atoms with Gasteiger partial charge in [-0.3, -0.25) is 4.79 Å². The molecule has 0 radical (unpaired) electrons. The standard InChI is InChI=1S/C16H21ClN2OS/c17-13-4-3-5-14(12-13)18-7-9-19(10-8-18)16(20)15-6-1-2-11-21-15/h3-5,12,15H,1-2,6-11H2. The Bertz CT molecular complexity index is 497. The number of rotatable bonds is 2. The van der Waals surface area contributed by atoms with Gasteiger partial charge in [0.15, 0.2) is 0 Å². The van der Waals surface area contributed by atoms with E-state index in [1.165, 1.54) is 12.8 Å². The first-order valence-corrected chi connectivity index (χ1v) is 9.07. The summed E-state index contributed by atoms with van der Waals surface area (Å²) < 4.78 is 0. The molecule has 2 aliphatic heterocycles. The van der Waals surface area contributed by atoms with Crippen LogP contribution in [-0.4, -0.2) is 48.0 Å². The molecule has 21 heavy (non-hydrogen) atoms. The Hall–Kier alpha value is -0.870. The van der Waals surface area contributed by atoms with Crippen LogP contribution in [0.3, 0.4) is 0 Å². The van der Waals surface area contributed by atoms with E-state index < -0.39 is 0 Å². The molecule has 0 saturated carbocycles. The minimum atomic E-state index is 0.205. The lowest BCUT2D eigenvalue weighted by Gasteiger charge is -2.38. The quantitative estimate of drug-likeness (QED) is 0.834. The zero-order valence-corrected chi connectivity index (χ0v) is 13.7. The summed E-state index contributed by atoms with van der Waals surface area (Å²) in [5.74, 6) is 1.49. The van der Waals surface area contributed by atoms with Crippen molar-refractivity contribution in [3.05, 3.63) is 29.3 Å². The zero-order valence-electron chi connectivity index (χ0n) is 12.1. The molecule has 0 N–H and O–H groups in total. The number of thioether (sulfide) groups is 1. The van der Waals surface area contributed by atoms with Crippen LogP contribution in [-0.2, 0) is 4.79 Å². The molecule has 0 aliphatic carbocycles. The fraction of sp³-hybridized carbons (Fsp3) is 0.562. The highest BCUT2D eigenvalue weighted by Gasteiger charge is 2.28. The number of halogens is 1. The van der Waals surface area contributed by atoms with Gasteiger partial charge in [-0.2, -0.15) is 0 Å². The van der Waals surface area contributed by atoms with Gasteiger partial charge in [0.2, 0.25) is 5.91 Å². The Morgan fingerprint density at radius 3 is 2.67 bits per heavy atom. The summed E-state index contributed by atoms with van der Waals surface area (Å²) in [7, 11) is 0. The number of anilines is 1. The van der Waals surface area contributed by atoms with Crippen molar-refractivity contribution in [2.24, 2.45) is 0 Å². The summed E-state index contributed by atoms with van der Waals surface area (Å²) in [5.41, 5.74) is 1.15. The van der Waals surface area contributed by atoms with Gasteiger partial charge in [0, 0.05) is 36.9 Å². The highest BCUT2D eigenvalue weighted by molar-refractivity contribution is 8.00. The van der Waals surface area contributed by atoms with E-state index in [1.54, 1.807) is 0 Å². The van der Waals surface area contributed by atoms with E-state index in [2.05, 4.69) is 11.0 Å². The topological polar surface area (TPSA) is 23.6 Å². The first-order chi connectivity index (χ1) is 10.2. The molecule has 2 heterocycles. The van der Waals surface area contributed by atoms with Crippen molar-refractivity contribution in [3.8, 4) is 0 Å². The van der Waals surface area contributed by atoms with Gasteiger partial charge in [0.05, 0.1) is 5.25 Å². The second-order valence-corrected chi connectivity index (χ2v) is 7.39. The number of hydrogen-bond donors (Lipinski definition) is 0. The molecule has 2 fully saturated rings. The van der Waals surface area contributed by atoms with E-state index in [-0.39, 0.29) is 5.25 Å². The van der Waals surface area contributed by atoms with Crippen LogP contribution in [0.15, 0.2) is 24.3 Å². The lowest BCUT2D eigenvalue weighted by molar-refractivity contribution is -0.131. The number of carbonyl (C=O) groups excluding carboxylic acids is 1. The van der Waals surface area contributed by atoms with Crippen molar-refractivity contribution >= 4 is 35.0 Å². The molecule has 5 heteroatoms. The smallest absolute Gasteiger partial charge is 0.235 e. The first kappa shape index (κ1) is 15.0. The minimum absolute atomic E-state index is 0.205. The van der Waals surface area contributed by atoms with Crippen LogP contribution in [0.25, 0.3) is 0 Å². The van der Waals surface area contributed by atoms with Gasteiger partial charge < -0.3 is 9.80 Å². The zero-order chi connectivity index (χ0) is 14.7. The Morgan fingerprint density at radius 2 is 2.00 bits per heavy atom. The molecule has 1 aromatic rings. The number of carbonyl (C=O) groups is 1. The van der Waals surface area contributed by atoms with E-state index in [1.807, 2.05) is 34.9 Å². The third kappa shape index (κ3) is 3.67. The largest absolute Gasteiger partial charge is 0.368 e. The van der Waals surface area contributed by atoms with E-state index in [0.717, 1.165) is 49.1 Å². The van der Waals surface area contributed by atoms with Crippen LogP contribution >= 0.6 is 23.4 Å². The Balaban J connectivity index is 1.56. The molecule has 114 valence electrons. The number of benzene rings is 1. The second-order valence-electron chi connectivity index (χ2n) is 5.65. The van der Waals surface area contributed by atoms with Crippen molar-refractivity contribution < 1.29 is 4.79 Å². The maximum atomic E-state index is 12.5. The Morgan fingerprint density at radius 1 is 1.19 bits per heavy atom. The predicted molar refractivity (Wildman–Crippen MR) is 90.3 cm³/mol. The highest BCUT2D eigenvalue weighted by Crippen LogP contribution is 2.27. The molecule has 1 unspecified atom stereocenters. The molecule has 1 aromatic carbocycles. The fourth-order valence-electron chi connectivity index (χ4n) is 3.00. The summed E-state index contributed by atoms with van der Waals surface area (Å²) in [6.07, 6.45) is 3.51. The van der Waals surface area contributed by atoms with Crippen LogP contribution < -0.4 is 4.90 Å². The summed E-state index contributed by atoms with van der Waals surface area (Å²) in [6.45, 7) is 3.43. The third-order valence-electron chi connectivity index (χ3n) is 4.22. The molecule has 3 rings (SSSR count). The lowest BCUT2D eigenvalue weighted by Crippen LogP contribution is -2.51. The van der Waals surface area contributed by atoms with E-state index >= 15 is 0 Å². The van der Waals surface area contributed by atoms with Gasteiger partial charge in [-0.1, -0.05) is 24.1 Å². The van der Waals surface area contributed by atoms with Crippen LogP contribution in [0.1, 0.15) is 19.3 Å². The molecule has 0 aromatic heterocycles. The molecule has 3 nitrogen and oxygen atoms in total. The van der Waals surface area contributed by atoms with Crippen LogP contribution in [0.4, 0.5) is 5.69 Å². The van der Waals surface area contributed by atoms with Crippen molar-refractivity contribution in [2.45, 2.75) is 24.5 Å². The normalized spacial score (nSPS) is 23.2. The van der Waals surface area contributed by atoms with Gasteiger partial charge in [-0.15, -0.1) is 11.8 Å². The van der Waals surface area contributed by atoms with Crippen molar-refractivity contribution in [1.82, 2.24) is 4.90 Å². The van der Waals surface area contributed by atoms with Gasteiger partial charge in [-0.25, -0.2) is 0 Å². The Labute approximate surface area is 135 Å². The van der Waals surface area contributed by atoms with Crippen molar-refractivity contribution in [2.75, 3.05) is 36.8 Å². The second kappa shape index (κ2) is 6.93. The average molecular weight is 325 g/mol. The van der Waals surface area contributed by atoms with Gasteiger partial charge in [-0.05, 0) is 36.8 Å². The SMILES string of the molecule is O=C(C1CCCCS1)N1CCN(c2cccc(Cl)c2)CC1. The molecule has 2 aliphatic rings. The predicted octanol–water partition coefficient (Wildman–Crippen LogP) is 3.27. The van der Waals surface area contributed by atoms with E-state index in [9.17, 15) is 4.79 Å². The van der Waals surface area contributed by atoms with Crippen molar-refractivity contribution in [1.29, 1.82) is 0 Å². The lowest BCUT2D eigenvalue weighted by atomic mass is 10.1. The number of amides is 1. The number of piperazine rings is 1. The van der Waals surface area contributed by atoms with E-state index in [4.69, 9.17) is 11.6 Å². The number of nitrogens with zero attached hydrogens (tertiary/aromatic N) is 2. The molecule has 1 amide bonds. The molecule has 1 atom stereocenters. The Kier molecular flexibility index (Phi) is 4.96. The van der Waals surface area contributed by atoms with E-state index in [0.29, 0.717) is 5.91 Å². The summed E-state index contributed by atoms with van der Waals surface area (Å²) in [4.78, 5) is 16.9. The fourth-order valence-corrected chi connectivity index (χ4v) is 4.46. The van der Waals surface area contributed by atoms with Crippen LogP contribution in [0, 0.1) is 0 Å². The summed E-state index contributed by atoms with van der Waals surface area (Å²) in [6, 6.07) is 7.95. The third-order valence-corrected chi connectivity index (χ3v) is 5.82. The molecular formula is C16H21ClN2OS. The summed E-state index contributed by atoms with van der Waals surface area (Å²) in [5, 5.41) is 0.973. The van der Waals surface area contributed by atoms with Gasteiger partial charge in [0.1, 0.15) is 0 Å². The molecule has 2 saturated heterocycles. The van der Waals surface area contributed by atoms with Gasteiger partial charge in [0.25, 0.3) is 0 Å². The monoisotopic (exact) mass is 324 g/mol. The maximum Gasteiger partial charge on any atom is 0.235 e. The number of hydrogen-bond acceptors (Lipinski definition) is 3. The van der Waals surface area contributed by atoms with Crippen LogP contribution in [0.5, 0.6) is 0 Å². The van der Waals surface area contributed by atoms with Crippen LogP contribution in [0.2, 0.25) is 5.02 Å². The average Bonchev–Trinajstić information content (AvgIpc) is 2.55. The highest BCUT2D eigenvalue weighted by atomic mass is 35.5. The minimum Gasteiger partial charge on any atom is -0.368 e. The molecular weight excluding hydrogens is 304 g/mol. The molecule has 0 bridgehead atoms. The maximum absolute atomic E-state index is 12.5. The van der Waals surface area contributed by atoms with Crippen molar-refractivity contribution in [3.63, 3.8) is 0 Å².